The number of hydrogen-bond acceptors (Lipinski definition) is 13. The van der Waals surface area contributed by atoms with E-state index >= 15 is 4.39 Å². The summed E-state index contributed by atoms with van der Waals surface area (Å²) < 4.78 is 44.7. The molecule has 57 heavy (non-hydrogen) atoms. The van der Waals surface area contributed by atoms with Gasteiger partial charge < -0.3 is 34.2 Å². The summed E-state index contributed by atoms with van der Waals surface area (Å²) in [6.45, 7) is 2.09. The Bertz CT molecular complexity index is 2250. The number of imide groups is 1. The number of hydrogen-bond donors (Lipinski definition) is 3. The maximum Gasteiger partial charge on any atom is 0.362 e. The fourth-order valence-corrected chi connectivity index (χ4v) is 8.93. The highest BCUT2D eigenvalue weighted by molar-refractivity contribution is 7.62. The van der Waals surface area contributed by atoms with Gasteiger partial charge in [-0.3, -0.25) is 29.2 Å². The summed E-state index contributed by atoms with van der Waals surface area (Å²) in [4.78, 5) is 51.9. The topological polar surface area (TPSA) is 168 Å². The van der Waals surface area contributed by atoms with Crippen LogP contribution in [-0.2, 0) is 36.3 Å². The Hall–Kier alpha value is -5.12. The van der Waals surface area contributed by atoms with E-state index in [1.165, 1.54) is 31.4 Å². The number of ether oxygens (including phenoxy) is 1. The number of anilines is 5. The summed E-state index contributed by atoms with van der Waals surface area (Å²) in [5.74, 6) is -0.607. The molecule has 1 unspecified atom stereocenters. The van der Waals surface area contributed by atoms with Crippen LogP contribution in [0.2, 0.25) is 5.02 Å². The van der Waals surface area contributed by atoms with Crippen LogP contribution in [0.3, 0.4) is 0 Å². The van der Waals surface area contributed by atoms with E-state index in [0.717, 1.165) is 31.6 Å². The van der Waals surface area contributed by atoms with Gasteiger partial charge in [0.15, 0.2) is 5.82 Å². The molecule has 300 valence electrons. The van der Waals surface area contributed by atoms with Gasteiger partial charge in [-0.05, 0) is 68.3 Å². The number of halogens is 2. The lowest BCUT2D eigenvalue weighted by atomic mass is 10.0. The number of para-hydroxylation sites is 1. The first-order valence-electron chi connectivity index (χ1n) is 18.4. The zero-order chi connectivity index (χ0) is 40.4. The second kappa shape index (κ2) is 16.8. The molecule has 3 aliphatic heterocycles. The molecular weight excluding hydrogens is 778 g/mol. The summed E-state index contributed by atoms with van der Waals surface area (Å²) in [7, 11) is 2.61. The summed E-state index contributed by atoms with van der Waals surface area (Å²) in [5.41, 5.74) is 3.49. The number of nitrogens with zero attached hydrogens (tertiary/aromatic N) is 5. The van der Waals surface area contributed by atoms with Gasteiger partial charge in [0, 0.05) is 75.7 Å². The molecule has 0 saturated carbocycles. The van der Waals surface area contributed by atoms with Crippen molar-refractivity contribution in [3.05, 3.63) is 88.3 Å². The van der Waals surface area contributed by atoms with E-state index in [4.69, 9.17) is 25.4 Å². The van der Waals surface area contributed by atoms with Crippen molar-refractivity contribution in [2.75, 3.05) is 57.0 Å². The number of nitrogens with one attached hydrogen (secondary N) is 3. The van der Waals surface area contributed by atoms with E-state index in [-0.39, 0.29) is 53.7 Å². The number of carbonyl (C=O) groups excluding carboxylic acids is 3. The third kappa shape index (κ3) is 8.32. The van der Waals surface area contributed by atoms with Crippen LogP contribution in [0.25, 0.3) is 0 Å². The number of benzene rings is 3. The van der Waals surface area contributed by atoms with Gasteiger partial charge in [-0.15, -0.1) is 0 Å². The first-order valence-corrected chi connectivity index (χ1v) is 20.3. The Labute approximate surface area is 334 Å². The van der Waals surface area contributed by atoms with E-state index in [9.17, 15) is 18.9 Å². The Morgan fingerprint density at radius 1 is 1.00 bits per heavy atom. The van der Waals surface area contributed by atoms with Gasteiger partial charge in [-0.2, -0.15) is 4.98 Å². The monoisotopic (exact) mass is 820 g/mol. The van der Waals surface area contributed by atoms with Gasteiger partial charge >= 0.3 is 7.60 Å². The third-order valence-electron chi connectivity index (χ3n) is 10.7. The van der Waals surface area contributed by atoms with Crippen molar-refractivity contribution >= 4 is 71.1 Å². The highest BCUT2D eigenvalue weighted by Crippen LogP contribution is 2.47. The maximum atomic E-state index is 15.4. The van der Waals surface area contributed by atoms with Crippen molar-refractivity contribution in [1.82, 2.24) is 25.1 Å². The van der Waals surface area contributed by atoms with Gasteiger partial charge in [0.2, 0.25) is 17.8 Å². The molecule has 0 radical (unpaired) electrons. The van der Waals surface area contributed by atoms with E-state index in [1.807, 2.05) is 25.2 Å². The Kier molecular flexibility index (Phi) is 11.8. The van der Waals surface area contributed by atoms with E-state index in [1.54, 1.807) is 37.4 Å². The number of fused-ring (bicyclic) bond motifs is 1. The van der Waals surface area contributed by atoms with Crippen LogP contribution >= 0.6 is 19.2 Å². The molecule has 4 aromatic rings. The summed E-state index contributed by atoms with van der Waals surface area (Å²) in [6, 6.07) is 15.1. The molecule has 4 heterocycles. The lowest BCUT2D eigenvalue weighted by molar-refractivity contribution is -0.136. The molecule has 3 aliphatic rings. The highest BCUT2D eigenvalue weighted by atomic mass is 35.5. The number of piperidine rings is 2. The van der Waals surface area contributed by atoms with Crippen molar-refractivity contribution < 1.29 is 37.1 Å². The quantitative estimate of drug-likeness (QED) is 0.111. The van der Waals surface area contributed by atoms with Gasteiger partial charge in [0.25, 0.3) is 5.91 Å². The molecule has 15 nitrogen and oxygen atoms in total. The molecule has 2 saturated heterocycles. The molecule has 7 rings (SSSR count). The molecule has 2 fully saturated rings. The number of aromatic nitrogens is 2. The highest BCUT2D eigenvalue weighted by Gasteiger charge is 2.40. The molecule has 0 aliphatic carbocycles. The van der Waals surface area contributed by atoms with Gasteiger partial charge in [0.05, 0.1) is 30.0 Å². The van der Waals surface area contributed by atoms with Crippen LogP contribution in [0.15, 0.2) is 60.8 Å². The Balaban J connectivity index is 0.972. The number of methoxy groups -OCH3 is 1. The van der Waals surface area contributed by atoms with Crippen LogP contribution in [-0.4, -0.2) is 91.0 Å². The second-order valence-electron chi connectivity index (χ2n) is 14.0. The molecule has 1 atom stereocenters. The van der Waals surface area contributed by atoms with E-state index < -0.39 is 31.3 Å². The molecule has 3 N–H and O–H groups in total. The second-order valence-corrected chi connectivity index (χ2v) is 16.7. The van der Waals surface area contributed by atoms with Crippen LogP contribution in [0.5, 0.6) is 5.75 Å². The maximum absolute atomic E-state index is 15.4. The zero-order valence-electron chi connectivity index (χ0n) is 31.9. The Morgan fingerprint density at radius 3 is 2.47 bits per heavy atom. The average molecular weight is 821 g/mol. The SMILES string of the molecule is COc1cc(N2CCC(N(C)Cc3cc4c(cc3F)C(=O)N(C3CCC(=O)NC3=O)C4)CC2)ccc1Nc1ncc(Cl)c(Nc2ccccc2P(=O)(OC)OC)n1. The normalized spacial score (nSPS) is 17.5. The fraction of sp³-hybridized carbons (Fsp3) is 0.359. The predicted molar refractivity (Wildman–Crippen MR) is 213 cm³/mol. The minimum absolute atomic E-state index is 0.158. The van der Waals surface area contributed by atoms with Gasteiger partial charge in [-0.25, -0.2) is 9.37 Å². The van der Waals surface area contributed by atoms with Gasteiger partial charge in [-0.1, -0.05) is 23.7 Å². The molecule has 0 spiro atoms. The standard InChI is InChI=1S/C39H43ClFN8O7P/c1-47(21-24-17-23-22-49(38(52)27(23)19-29(24)41)32-11-12-35(50)45-37(32)51)25-13-15-48(16-14-25)26-9-10-30(33(18-26)54-2)44-39-42-20-28(40)36(46-39)43-31-7-5-6-8-34(31)57(53,55-3)56-4/h5-10,17-20,25,32H,11-16,21-22H2,1-4H3,(H,45,50,51)(H2,42,43,44,46). The third-order valence-corrected chi connectivity index (χ3v) is 12.9. The summed E-state index contributed by atoms with van der Waals surface area (Å²) >= 11 is 6.46. The average Bonchev–Trinajstić information content (AvgIpc) is 3.53. The number of amides is 3. The van der Waals surface area contributed by atoms with E-state index in [2.05, 4.69) is 35.7 Å². The van der Waals surface area contributed by atoms with Crippen LogP contribution in [0.1, 0.15) is 47.2 Å². The van der Waals surface area contributed by atoms with Crippen molar-refractivity contribution in [3.63, 3.8) is 0 Å². The Morgan fingerprint density at radius 2 is 1.75 bits per heavy atom. The van der Waals surface area contributed by atoms with Crippen LogP contribution in [0, 0.1) is 5.82 Å². The summed E-state index contributed by atoms with van der Waals surface area (Å²) in [5, 5.41) is 9.19. The first kappa shape index (κ1) is 40.1. The first-order chi connectivity index (χ1) is 27.4. The van der Waals surface area contributed by atoms with Crippen molar-refractivity contribution in [3.8, 4) is 5.75 Å². The lowest BCUT2D eigenvalue weighted by Crippen LogP contribution is -2.52. The van der Waals surface area contributed by atoms with Crippen LogP contribution in [0.4, 0.5) is 33.2 Å². The molecular formula is C39H43ClFN8O7P. The smallest absolute Gasteiger partial charge is 0.362 e. The zero-order valence-corrected chi connectivity index (χ0v) is 33.5. The molecule has 18 heteroatoms. The molecule has 1 aromatic heterocycles. The van der Waals surface area contributed by atoms with Crippen molar-refractivity contribution in [1.29, 1.82) is 0 Å². The largest absolute Gasteiger partial charge is 0.494 e. The van der Waals surface area contributed by atoms with Crippen molar-refractivity contribution in [2.24, 2.45) is 0 Å². The predicted octanol–water partition coefficient (Wildman–Crippen LogP) is 5.74. The minimum atomic E-state index is -3.58. The molecule has 3 amide bonds. The fourth-order valence-electron chi connectivity index (χ4n) is 7.56. The van der Waals surface area contributed by atoms with Gasteiger partial charge in [0.1, 0.15) is 22.6 Å². The molecule has 0 bridgehead atoms. The number of carbonyl (C=O) groups is 3. The van der Waals surface area contributed by atoms with Crippen LogP contribution < -0.4 is 30.9 Å². The summed E-state index contributed by atoms with van der Waals surface area (Å²) in [6.07, 6.45) is 3.55. The van der Waals surface area contributed by atoms with Crippen molar-refractivity contribution in [2.45, 2.75) is 50.9 Å². The number of rotatable bonds is 13. The minimum Gasteiger partial charge on any atom is -0.494 e. The molecule has 3 aromatic carbocycles. The van der Waals surface area contributed by atoms with E-state index in [0.29, 0.717) is 40.1 Å². The lowest BCUT2D eigenvalue weighted by Gasteiger charge is -2.38.